The lowest BCUT2D eigenvalue weighted by atomic mass is 10.0. The normalized spacial score (nSPS) is 30.6. The van der Waals surface area contributed by atoms with Gasteiger partial charge in [0.25, 0.3) is 0 Å². The van der Waals surface area contributed by atoms with Gasteiger partial charge < -0.3 is 14.9 Å². The molecule has 4 nitrogen and oxygen atoms in total. The lowest BCUT2D eigenvalue weighted by molar-refractivity contribution is 0.0349. The average Bonchev–Trinajstić information content (AvgIpc) is 3.02. The van der Waals surface area contributed by atoms with Gasteiger partial charge in [0.2, 0.25) is 0 Å². The number of hydrogen-bond donors (Lipinski definition) is 1. The Kier molecular flexibility index (Phi) is 4.67. The highest BCUT2D eigenvalue weighted by Crippen LogP contribution is 2.47. The molecule has 1 aromatic heterocycles. The van der Waals surface area contributed by atoms with E-state index >= 15 is 0 Å². The van der Waals surface area contributed by atoms with Crippen LogP contribution in [0.1, 0.15) is 49.7 Å². The van der Waals surface area contributed by atoms with Crippen molar-refractivity contribution >= 4 is 0 Å². The van der Waals surface area contributed by atoms with Crippen molar-refractivity contribution in [2.45, 2.75) is 38.1 Å². The van der Waals surface area contributed by atoms with Gasteiger partial charge in [-0.2, -0.15) is 0 Å². The molecule has 0 aromatic carbocycles. The second kappa shape index (κ2) is 6.51. The van der Waals surface area contributed by atoms with Gasteiger partial charge in [-0.1, -0.05) is 6.92 Å². The molecule has 1 aromatic rings. The molecule has 21 heavy (non-hydrogen) atoms. The van der Waals surface area contributed by atoms with Crippen LogP contribution in [0.5, 0.6) is 0 Å². The van der Waals surface area contributed by atoms with Gasteiger partial charge in [0.1, 0.15) is 11.5 Å². The van der Waals surface area contributed by atoms with Crippen molar-refractivity contribution in [3.63, 3.8) is 0 Å². The minimum Gasteiger partial charge on any atom is -0.464 e. The molecule has 2 N–H and O–H groups in total. The topological polar surface area (TPSA) is 51.6 Å². The summed E-state index contributed by atoms with van der Waals surface area (Å²) in [4.78, 5) is 2.33. The van der Waals surface area contributed by atoms with E-state index in [1.165, 1.54) is 19.3 Å². The predicted octanol–water partition coefficient (Wildman–Crippen LogP) is 2.76. The van der Waals surface area contributed by atoms with E-state index in [0.717, 1.165) is 37.2 Å². The average molecular weight is 292 g/mol. The van der Waals surface area contributed by atoms with Gasteiger partial charge >= 0.3 is 0 Å². The first-order valence-electron chi connectivity index (χ1n) is 8.26. The van der Waals surface area contributed by atoms with Gasteiger partial charge in [-0.25, -0.2) is 0 Å². The Balaban J connectivity index is 1.61. The largest absolute Gasteiger partial charge is 0.464 e. The number of rotatable bonds is 6. The highest BCUT2D eigenvalue weighted by atomic mass is 16.5. The number of nitrogens with two attached hydrogens (primary N) is 1. The Hall–Kier alpha value is -0.840. The maximum absolute atomic E-state index is 6.09. The van der Waals surface area contributed by atoms with Gasteiger partial charge in [0, 0.05) is 25.6 Å². The zero-order chi connectivity index (χ0) is 14.8. The fourth-order valence-corrected chi connectivity index (χ4v) is 3.46. The number of ether oxygens (including phenoxy) is 1. The smallest absolute Gasteiger partial charge is 0.122 e. The molecule has 4 atom stereocenters. The number of hydrogen-bond acceptors (Lipinski definition) is 4. The van der Waals surface area contributed by atoms with Crippen LogP contribution in [0.4, 0.5) is 0 Å². The molecule has 2 aliphatic rings. The third-order valence-electron chi connectivity index (χ3n) is 5.01. The Bertz CT molecular complexity index is 453. The van der Waals surface area contributed by atoms with Crippen molar-refractivity contribution in [1.82, 2.24) is 4.90 Å². The predicted molar refractivity (Wildman–Crippen MR) is 83.2 cm³/mol. The molecular formula is C17H28N2O2. The van der Waals surface area contributed by atoms with Gasteiger partial charge in [0.05, 0.1) is 12.6 Å². The van der Waals surface area contributed by atoms with E-state index in [4.69, 9.17) is 14.9 Å². The molecule has 0 amide bonds. The van der Waals surface area contributed by atoms with Crippen molar-refractivity contribution in [1.29, 1.82) is 0 Å². The van der Waals surface area contributed by atoms with Crippen molar-refractivity contribution in [2.75, 3.05) is 33.4 Å². The molecule has 2 fully saturated rings. The summed E-state index contributed by atoms with van der Waals surface area (Å²) in [5, 5.41) is 0. The van der Waals surface area contributed by atoms with Crippen molar-refractivity contribution in [3.8, 4) is 0 Å². The maximum Gasteiger partial charge on any atom is 0.122 e. The molecule has 0 spiro atoms. The van der Waals surface area contributed by atoms with E-state index in [-0.39, 0.29) is 6.04 Å². The van der Waals surface area contributed by atoms with E-state index in [1.54, 1.807) is 0 Å². The molecule has 1 aliphatic carbocycles. The highest BCUT2D eigenvalue weighted by molar-refractivity contribution is 5.19. The molecule has 4 unspecified atom stereocenters. The third-order valence-corrected chi connectivity index (χ3v) is 5.01. The van der Waals surface area contributed by atoms with Crippen LogP contribution >= 0.6 is 0 Å². The van der Waals surface area contributed by atoms with Crippen molar-refractivity contribution in [2.24, 2.45) is 17.6 Å². The van der Waals surface area contributed by atoms with E-state index < -0.39 is 0 Å². The molecular weight excluding hydrogens is 264 g/mol. The lowest BCUT2D eigenvalue weighted by Gasteiger charge is -2.31. The minimum atomic E-state index is 0.176. The molecule has 0 radical (unpaired) electrons. The second-order valence-corrected chi connectivity index (χ2v) is 6.83. The van der Waals surface area contributed by atoms with E-state index in [2.05, 4.69) is 31.0 Å². The molecule has 2 heterocycles. The third kappa shape index (κ3) is 3.50. The molecule has 1 aliphatic heterocycles. The van der Waals surface area contributed by atoms with Crippen molar-refractivity contribution in [3.05, 3.63) is 23.7 Å². The summed E-state index contributed by atoms with van der Waals surface area (Å²) >= 11 is 0. The fraction of sp³-hybridized carbons (Fsp3) is 0.765. The fourth-order valence-electron chi connectivity index (χ4n) is 3.46. The summed E-state index contributed by atoms with van der Waals surface area (Å²) in [6.45, 7) is 5.70. The van der Waals surface area contributed by atoms with Gasteiger partial charge in [0.15, 0.2) is 0 Å². The van der Waals surface area contributed by atoms with E-state index in [0.29, 0.717) is 18.4 Å². The van der Waals surface area contributed by atoms with Gasteiger partial charge in [-0.3, -0.25) is 4.90 Å². The summed E-state index contributed by atoms with van der Waals surface area (Å²) in [5.74, 6) is 4.19. The lowest BCUT2D eigenvalue weighted by Crippen LogP contribution is -2.36. The van der Waals surface area contributed by atoms with E-state index in [1.807, 2.05) is 0 Å². The summed E-state index contributed by atoms with van der Waals surface area (Å²) in [7, 11) is 2.15. The highest BCUT2D eigenvalue weighted by Gasteiger charge is 2.37. The van der Waals surface area contributed by atoms with Gasteiger partial charge in [-0.15, -0.1) is 0 Å². The first kappa shape index (κ1) is 15.1. The Morgan fingerprint density at radius 3 is 2.86 bits per heavy atom. The molecule has 1 saturated heterocycles. The SMILES string of the molecule is CC1CC1c1ccc(C(CN)N(C)CC2CCCOC2)o1. The molecule has 0 bridgehead atoms. The maximum atomic E-state index is 6.09. The first-order chi connectivity index (χ1) is 10.2. The summed E-state index contributed by atoms with van der Waals surface area (Å²) in [5.41, 5.74) is 6.01. The second-order valence-electron chi connectivity index (χ2n) is 6.83. The summed E-state index contributed by atoms with van der Waals surface area (Å²) in [6, 6.07) is 4.44. The molecule has 3 rings (SSSR count). The number of furan rings is 1. The van der Waals surface area contributed by atoms with E-state index in [9.17, 15) is 0 Å². The Morgan fingerprint density at radius 1 is 1.43 bits per heavy atom. The van der Waals surface area contributed by atoms with Crippen LogP contribution in [0.2, 0.25) is 0 Å². The zero-order valence-electron chi connectivity index (χ0n) is 13.3. The summed E-state index contributed by atoms with van der Waals surface area (Å²) in [6.07, 6.45) is 3.69. The zero-order valence-corrected chi connectivity index (χ0v) is 13.3. The van der Waals surface area contributed by atoms with Crippen LogP contribution in [-0.4, -0.2) is 38.3 Å². The standard InChI is InChI=1S/C17H28N2O2/c1-12-8-14(12)16-5-6-17(21-16)15(9-18)19(2)10-13-4-3-7-20-11-13/h5-6,12-15H,3-4,7-11,18H2,1-2H3. The molecule has 118 valence electrons. The molecule has 1 saturated carbocycles. The van der Waals surface area contributed by atoms with Crippen LogP contribution in [0.3, 0.4) is 0 Å². The monoisotopic (exact) mass is 292 g/mol. The van der Waals surface area contributed by atoms with Crippen molar-refractivity contribution < 1.29 is 9.15 Å². The number of likely N-dealkylation sites (N-methyl/N-ethyl adjacent to an activating group) is 1. The van der Waals surface area contributed by atoms with Crippen LogP contribution in [0.25, 0.3) is 0 Å². The van der Waals surface area contributed by atoms with Crippen LogP contribution in [0, 0.1) is 11.8 Å². The minimum absolute atomic E-state index is 0.176. The van der Waals surface area contributed by atoms with Gasteiger partial charge in [-0.05, 0) is 50.3 Å². The first-order valence-corrected chi connectivity index (χ1v) is 8.26. The Morgan fingerprint density at radius 2 is 2.24 bits per heavy atom. The quantitative estimate of drug-likeness (QED) is 0.876. The Labute approximate surface area is 127 Å². The van der Waals surface area contributed by atoms with Crippen LogP contribution in [-0.2, 0) is 4.74 Å². The van der Waals surface area contributed by atoms with Crippen LogP contribution in [0.15, 0.2) is 16.5 Å². The summed E-state index contributed by atoms with van der Waals surface area (Å²) < 4.78 is 11.7. The molecule has 4 heteroatoms. The van der Waals surface area contributed by atoms with Crippen LogP contribution < -0.4 is 5.73 Å². The number of nitrogens with zero attached hydrogens (tertiary/aromatic N) is 1.